The largest absolute Gasteiger partial charge is 0.505 e. The summed E-state index contributed by atoms with van der Waals surface area (Å²) in [5, 5.41) is 61.3. The van der Waals surface area contributed by atoms with Gasteiger partial charge in [0.2, 0.25) is 30.0 Å². The van der Waals surface area contributed by atoms with Crippen molar-refractivity contribution >= 4 is 75.8 Å². The summed E-state index contributed by atoms with van der Waals surface area (Å²) < 4.78 is 16.7. The lowest BCUT2D eigenvalue weighted by Crippen LogP contribution is -2.70. The number of fused-ring (bicyclic) bond motifs is 2. The van der Waals surface area contributed by atoms with Crippen LogP contribution in [-0.4, -0.2) is 121 Å². The van der Waals surface area contributed by atoms with Crippen LogP contribution in [0.2, 0.25) is 0 Å². The number of allylic oxidation sites excluding steroid dienone is 1. The first kappa shape index (κ1) is 43.3. The molecule has 0 aliphatic carbocycles. The molecule has 4 amide bonds. The number of phenolic OH excluding ortho intramolecular Hbond substituents is 3. The van der Waals surface area contributed by atoms with E-state index in [-0.39, 0.29) is 76.4 Å². The zero-order valence-electron chi connectivity index (χ0n) is 33.4. The monoisotopic (exact) mass is 914 g/mol. The van der Waals surface area contributed by atoms with Crippen LogP contribution in [0, 0.1) is 5.82 Å². The molecule has 4 aromatic rings. The molecule has 0 saturated carbocycles. The third-order valence-electron chi connectivity index (χ3n) is 10.6. The molecular formula is C41H37FN9O11S2+. The average Bonchev–Trinajstić information content (AvgIpc) is 3.84. The highest BCUT2D eigenvalue weighted by Gasteiger charge is 2.54. The second-order valence-electron chi connectivity index (χ2n) is 15.1. The Kier molecular flexibility index (Phi) is 11.5. The molecule has 0 bridgehead atoms. The van der Waals surface area contributed by atoms with Crippen molar-refractivity contribution in [2.45, 2.75) is 43.4 Å². The summed E-state index contributed by atoms with van der Waals surface area (Å²) in [5.41, 5.74) is -0.316. The fourth-order valence-corrected chi connectivity index (χ4v) is 9.58. The van der Waals surface area contributed by atoms with Crippen LogP contribution in [0.25, 0.3) is 16.4 Å². The molecule has 8 rings (SSSR count). The van der Waals surface area contributed by atoms with Crippen LogP contribution >= 0.6 is 23.5 Å². The van der Waals surface area contributed by atoms with Gasteiger partial charge in [-0.15, -0.1) is 16.9 Å². The van der Waals surface area contributed by atoms with Gasteiger partial charge in [0.1, 0.15) is 28.7 Å². The highest BCUT2D eigenvalue weighted by atomic mass is 32.2. The van der Waals surface area contributed by atoms with E-state index in [1.165, 1.54) is 59.8 Å². The Morgan fingerprint density at radius 2 is 1.83 bits per heavy atom. The minimum absolute atomic E-state index is 0.0292. The molecule has 2 saturated heterocycles. The molecule has 2 aromatic heterocycles. The van der Waals surface area contributed by atoms with Crippen molar-refractivity contribution in [1.29, 1.82) is 0 Å². The van der Waals surface area contributed by atoms with Crippen LogP contribution in [0.1, 0.15) is 19.0 Å². The molecule has 1 unspecified atom stereocenters. The van der Waals surface area contributed by atoms with E-state index in [1.54, 1.807) is 33.9 Å². The number of anilines is 2. The predicted octanol–water partition coefficient (Wildman–Crippen LogP) is 2.03. The number of benzene rings is 2. The average molecular weight is 915 g/mol. The van der Waals surface area contributed by atoms with Gasteiger partial charge in [-0.3, -0.25) is 24.1 Å². The maximum Gasteiger partial charge on any atom is 0.352 e. The van der Waals surface area contributed by atoms with E-state index in [4.69, 9.17) is 0 Å². The maximum atomic E-state index is 13.8. The number of carboxylic acids is 2. The highest BCUT2D eigenvalue weighted by molar-refractivity contribution is 8.08. The summed E-state index contributed by atoms with van der Waals surface area (Å²) in [6.45, 7) is 1.63. The molecular weight excluding hydrogens is 878 g/mol. The van der Waals surface area contributed by atoms with Crippen LogP contribution in [-0.2, 0) is 41.9 Å². The van der Waals surface area contributed by atoms with Crippen LogP contribution in [0.3, 0.4) is 0 Å². The lowest BCUT2D eigenvalue weighted by molar-refractivity contribution is -0.692. The summed E-state index contributed by atoms with van der Waals surface area (Å²) in [5.74, 6) is -7.06. The third kappa shape index (κ3) is 8.41. The fourth-order valence-electron chi connectivity index (χ4n) is 7.34. The second-order valence-corrected chi connectivity index (χ2v) is 17.2. The molecule has 330 valence electrons. The Hall–Kier alpha value is -7.40. The zero-order chi connectivity index (χ0) is 45.6. The number of aromatic nitrogens is 4. The van der Waals surface area contributed by atoms with E-state index in [0.29, 0.717) is 23.4 Å². The smallest absolute Gasteiger partial charge is 0.352 e. The zero-order valence-corrected chi connectivity index (χ0v) is 35.0. The number of carboxylic acid groups (broad SMARTS) is 2. The Morgan fingerprint density at radius 3 is 2.56 bits per heavy atom. The van der Waals surface area contributed by atoms with Crippen LogP contribution in [0.5, 0.6) is 17.2 Å². The summed E-state index contributed by atoms with van der Waals surface area (Å²) in [4.78, 5) is 85.1. The molecule has 0 spiro atoms. The Labute approximate surface area is 369 Å². The maximum absolute atomic E-state index is 13.8. The number of halogens is 1. The van der Waals surface area contributed by atoms with E-state index in [1.807, 2.05) is 0 Å². The van der Waals surface area contributed by atoms with Crippen molar-refractivity contribution in [2.75, 3.05) is 28.7 Å². The van der Waals surface area contributed by atoms with Gasteiger partial charge < -0.3 is 46.4 Å². The molecule has 4 aliphatic heterocycles. The molecule has 20 nitrogen and oxygen atoms in total. The number of carbonyl (C=O) groups excluding carboxylic acids is 4. The quantitative estimate of drug-likeness (QED) is 0.0313. The van der Waals surface area contributed by atoms with Gasteiger partial charge in [-0.05, 0) is 61.4 Å². The first-order valence-electron chi connectivity index (χ1n) is 19.3. The summed E-state index contributed by atoms with van der Waals surface area (Å²) >= 11 is 2.13. The molecule has 0 radical (unpaired) electrons. The van der Waals surface area contributed by atoms with E-state index in [0.717, 1.165) is 28.8 Å². The number of amides is 4. The number of pyridine rings is 1. The minimum atomic E-state index is -1.65. The van der Waals surface area contributed by atoms with E-state index < -0.39 is 63.9 Å². The molecule has 64 heavy (non-hydrogen) atoms. The third-order valence-corrected chi connectivity index (χ3v) is 12.9. The SMILES string of the molecule is CC1(C(=O)O)C=C(SCC(=O)N[C@@H]2C(=O)N3C(C(=O)O)=C(C=C4CCN(Cc5cccc[n+]5CC(=O)Nc5ccc(O)c(F)c5)C4=O)CS[C@H]23)n2nc(-c3ccc(O)c(O)c3)nc2N1. The molecule has 2 fully saturated rings. The Morgan fingerprint density at radius 1 is 1.05 bits per heavy atom. The molecule has 2 aromatic carbocycles. The number of hydrogen-bond acceptors (Lipinski definition) is 14. The number of phenols is 3. The number of nitrogens with one attached hydrogen (secondary N) is 3. The van der Waals surface area contributed by atoms with Crippen molar-refractivity contribution in [3.63, 3.8) is 0 Å². The van der Waals surface area contributed by atoms with Crippen LogP contribution in [0.15, 0.2) is 89.8 Å². The van der Waals surface area contributed by atoms with Crippen molar-refractivity contribution in [2.24, 2.45) is 0 Å². The van der Waals surface area contributed by atoms with E-state index in [2.05, 4.69) is 26.0 Å². The number of likely N-dealkylation sites (tertiary alicyclic amines) is 1. The number of β-lactam (4-membered cyclic amide) rings is 1. The summed E-state index contributed by atoms with van der Waals surface area (Å²) in [6.07, 6.45) is 4.77. The standard InChI is InChI=1S/C41H36FN9O11S2/c1-41(39(61)62)15-31(51-40(46-41)45-34(47-51)20-5-7-27(53)28(54)13-20)63-19-30(56)44-32-36(58)50-33(38(59)60)22(18-64-37(32)50)12-21-9-11-49(35(21)57)16-24-4-2-3-10-48(24)17-29(55)43-23-6-8-26(52)25(42)14-23/h2-8,10,12-15,32,37H,9,11,16-19H2,1H3,(H7-,43,44,45,46,47,52,53,54,55,56,59,60,61,62)/p+1/t32-,37-,41?/m1/s1. The molecule has 8 N–H and O–H groups in total. The minimum Gasteiger partial charge on any atom is -0.505 e. The van der Waals surface area contributed by atoms with Gasteiger partial charge in [0.05, 0.1) is 5.75 Å². The van der Waals surface area contributed by atoms with Gasteiger partial charge in [-0.1, -0.05) is 17.8 Å². The number of carbonyl (C=O) groups is 6. The fraction of sp³-hybridized carbons (Fsp3) is 0.244. The van der Waals surface area contributed by atoms with Crippen LogP contribution in [0.4, 0.5) is 16.0 Å². The van der Waals surface area contributed by atoms with Gasteiger partial charge in [0.15, 0.2) is 40.6 Å². The number of rotatable bonds is 13. The Balaban J connectivity index is 0.910. The number of aromatic hydroxyl groups is 3. The van der Waals surface area contributed by atoms with Gasteiger partial charge in [-0.25, -0.2) is 14.0 Å². The first-order valence-corrected chi connectivity index (χ1v) is 21.4. The second kappa shape index (κ2) is 17.0. The van der Waals surface area contributed by atoms with Crippen molar-refractivity contribution in [3.05, 3.63) is 101 Å². The van der Waals surface area contributed by atoms with Gasteiger partial charge in [0, 0.05) is 47.3 Å². The predicted molar refractivity (Wildman–Crippen MR) is 226 cm³/mol. The topological polar surface area (TPSA) is 281 Å². The van der Waals surface area contributed by atoms with Gasteiger partial charge >= 0.3 is 11.9 Å². The van der Waals surface area contributed by atoms with Crippen molar-refractivity contribution in [3.8, 4) is 28.6 Å². The number of hydrogen-bond donors (Lipinski definition) is 8. The van der Waals surface area contributed by atoms with Gasteiger partial charge in [-0.2, -0.15) is 14.2 Å². The first-order chi connectivity index (χ1) is 30.5. The lowest BCUT2D eigenvalue weighted by atomic mass is 10.0. The summed E-state index contributed by atoms with van der Waals surface area (Å²) in [7, 11) is 0. The molecule has 4 aliphatic rings. The number of nitrogens with zero attached hydrogens (tertiary/aromatic N) is 6. The van der Waals surface area contributed by atoms with Crippen molar-refractivity contribution < 1.29 is 63.3 Å². The van der Waals surface area contributed by atoms with Gasteiger partial charge in [0.25, 0.3) is 11.8 Å². The Bertz CT molecular complexity index is 2780. The number of aliphatic carboxylic acids is 2. The molecule has 23 heteroatoms. The van der Waals surface area contributed by atoms with Crippen molar-refractivity contribution in [1.82, 2.24) is 29.9 Å². The lowest BCUT2D eigenvalue weighted by Gasteiger charge is -2.49. The highest BCUT2D eigenvalue weighted by Crippen LogP contribution is 2.42. The normalized spacial score (nSPS) is 20.8. The summed E-state index contributed by atoms with van der Waals surface area (Å²) in [6, 6.07) is 11.5. The van der Waals surface area contributed by atoms with E-state index in [9.17, 15) is 58.7 Å². The molecule has 6 heterocycles. The molecule has 3 atom stereocenters. The number of thioether (sulfide) groups is 2. The van der Waals surface area contributed by atoms with E-state index >= 15 is 0 Å². The van der Waals surface area contributed by atoms with Crippen LogP contribution < -0.4 is 20.5 Å².